The number of H-pyrrole nitrogens is 1. The molecule has 4 atom stereocenters. The van der Waals surface area contributed by atoms with E-state index in [2.05, 4.69) is 56.5 Å². The molecular weight excluding hydrogens is 426 g/mol. The fourth-order valence-electron chi connectivity index (χ4n) is 5.79. The number of fused-ring (bicyclic) bond motifs is 9. The van der Waals surface area contributed by atoms with E-state index in [1.165, 1.54) is 0 Å². The Bertz CT molecular complexity index is 1350. The number of para-hydroxylation sites is 1. The number of benzene rings is 2. The van der Waals surface area contributed by atoms with Crippen molar-refractivity contribution in [3.05, 3.63) is 66.4 Å². The number of ether oxygens (including phenoxy) is 1. The van der Waals surface area contributed by atoms with Crippen molar-refractivity contribution >= 4 is 16.9 Å². The molecule has 1 aliphatic carbocycles. The molecule has 8 bridgehead atoms. The quantitative estimate of drug-likeness (QED) is 0.320. The summed E-state index contributed by atoms with van der Waals surface area (Å²) in [6.07, 6.45) is 6.96. The third-order valence-electron chi connectivity index (χ3n) is 7.47. The summed E-state index contributed by atoms with van der Waals surface area (Å²) in [6.45, 7) is 1.20. The molecule has 3 aliphatic rings. The number of imidazole rings is 1. The summed E-state index contributed by atoms with van der Waals surface area (Å²) in [5, 5.41) is 3.38. The summed E-state index contributed by atoms with van der Waals surface area (Å²) >= 11 is 0. The van der Waals surface area contributed by atoms with Crippen molar-refractivity contribution in [2.24, 2.45) is 5.92 Å². The number of nitrogens with one attached hydrogen (secondary N) is 4. The first-order valence-electron chi connectivity index (χ1n) is 12.1. The number of nitrogens with zero attached hydrogens (tertiary/aromatic N) is 3. The molecule has 4 aromatic rings. The summed E-state index contributed by atoms with van der Waals surface area (Å²) in [4.78, 5) is 18.1. The van der Waals surface area contributed by atoms with Gasteiger partial charge in [0, 0.05) is 29.6 Å². The first-order valence-corrected chi connectivity index (χ1v) is 12.1. The lowest BCUT2D eigenvalue weighted by Gasteiger charge is -2.32. The molecular formula is C26H27N7O. The van der Waals surface area contributed by atoms with E-state index in [9.17, 15) is 0 Å². The molecule has 1 saturated carbocycles. The largest absolute Gasteiger partial charge is 0.492 e. The van der Waals surface area contributed by atoms with Crippen LogP contribution in [0.4, 0.5) is 5.82 Å². The molecule has 2 aliphatic heterocycles. The van der Waals surface area contributed by atoms with Crippen molar-refractivity contribution in [1.29, 1.82) is 0 Å². The van der Waals surface area contributed by atoms with Crippen molar-refractivity contribution in [3.8, 4) is 16.9 Å². The SMILES string of the molecule is c1cc2cc(c1)-c1cccc3[nH]c(nc13)C1NNC3CCC(CC31)c1cncc(n1)NCCO2. The van der Waals surface area contributed by atoms with Gasteiger partial charge in [-0.05, 0) is 43.0 Å². The van der Waals surface area contributed by atoms with Crippen LogP contribution in [0.3, 0.4) is 0 Å². The van der Waals surface area contributed by atoms with Crippen LogP contribution < -0.4 is 20.9 Å². The lowest BCUT2D eigenvalue weighted by molar-refractivity contribution is 0.272. The fraction of sp³-hybridized carbons (Fsp3) is 0.346. The molecule has 2 aromatic carbocycles. The van der Waals surface area contributed by atoms with E-state index in [0.29, 0.717) is 31.0 Å². The second-order valence-electron chi connectivity index (χ2n) is 9.50. The second kappa shape index (κ2) is 8.07. The maximum Gasteiger partial charge on any atom is 0.144 e. The predicted molar refractivity (Wildman–Crippen MR) is 130 cm³/mol. The highest BCUT2D eigenvalue weighted by atomic mass is 16.5. The molecule has 4 unspecified atom stereocenters. The van der Waals surface area contributed by atoms with Crippen LogP contribution in [0.15, 0.2) is 54.9 Å². The molecule has 0 spiro atoms. The van der Waals surface area contributed by atoms with Gasteiger partial charge in [0.2, 0.25) is 0 Å². The van der Waals surface area contributed by atoms with Gasteiger partial charge in [0.1, 0.15) is 24.0 Å². The Labute approximate surface area is 197 Å². The van der Waals surface area contributed by atoms with E-state index in [1.54, 1.807) is 6.20 Å². The molecule has 0 radical (unpaired) electrons. The normalized spacial score (nSPS) is 25.9. The molecule has 2 fully saturated rings. The van der Waals surface area contributed by atoms with Gasteiger partial charge in [-0.15, -0.1) is 0 Å². The van der Waals surface area contributed by atoms with E-state index < -0.39 is 0 Å². The lowest BCUT2D eigenvalue weighted by atomic mass is 9.74. The summed E-state index contributed by atoms with van der Waals surface area (Å²) in [5.74, 6) is 3.44. The summed E-state index contributed by atoms with van der Waals surface area (Å²) in [7, 11) is 0. The first kappa shape index (κ1) is 19.9. The fourth-order valence-corrected chi connectivity index (χ4v) is 5.79. The van der Waals surface area contributed by atoms with E-state index in [1.807, 2.05) is 18.3 Å². The maximum atomic E-state index is 6.04. The predicted octanol–water partition coefficient (Wildman–Crippen LogP) is 3.93. The number of hydrogen-bond donors (Lipinski definition) is 4. The number of hydrazine groups is 1. The lowest BCUT2D eigenvalue weighted by Crippen LogP contribution is -2.34. The monoisotopic (exact) mass is 453 g/mol. The van der Waals surface area contributed by atoms with E-state index in [-0.39, 0.29) is 6.04 Å². The molecule has 4 N–H and O–H groups in total. The Morgan fingerprint density at radius 2 is 1.94 bits per heavy atom. The van der Waals surface area contributed by atoms with Gasteiger partial charge < -0.3 is 15.0 Å². The van der Waals surface area contributed by atoms with E-state index >= 15 is 0 Å². The van der Waals surface area contributed by atoms with Crippen LogP contribution in [0.5, 0.6) is 5.75 Å². The number of rotatable bonds is 0. The highest BCUT2D eigenvalue weighted by Crippen LogP contribution is 2.43. The van der Waals surface area contributed by atoms with Gasteiger partial charge in [-0.1, -0.05) is 24.3 Å². The first-order chi connectivity index (χ1) is 16.8. The molecule has 7 rings (SSSR count). The molecule has 0 amide bonds. The minimum absolute atomic E-state index is 0.121. The Morgan fingerprint density at radius 1 is 0.971 bits per heavy atom. The van der Waals surface area contributed by atoms with Crippen LogP contribution in [-0.4, -0.2) is 39.1 Å². The van der Waals surface area contributed by atoms with Crippen LogP contribution in [0, 0.1) is 5.92 Å². The van der Waals surface area contributed by atoms with E-state index in [0.717, 1.165) is 64.5 Å². The number of anilines is 1. The summed E-state index contributed by atoms with van der Waals surface area (Å²) in [5.41, 5.74) is 12.4. The zero-order valence-corrected chi connectivity index (χ0v) is 18.8. The van der Waals surface area contributed by atoms with Gasteiger partial charge in [0.25, 0.3) is 0 Å². The van der Waals surface area contributed by atoms with Gasteiger partial charge in [0.05, 0.1) is 35.5 Å². The third kappa shape index (κ3) is 3.41. The minimum atomic E-state index is 0.121. The zero-order chi connectivity index (χ0) is 22.5. The van der Waals surface area contributed by atoms with Gasteiger partial charge in [-0.3, -0.25) is 10.4 Å². The van der Waals surface area contributed by atoms with Gasteiger partial charge >= 0.3 is 0 Å². The topological polar surface area (TPSA) is 99.8 Å². The Morgan fingerprint density at radius 3 is 2.94 bits per heavy atom. The maximum absolute atomic E-state index is 6.04. The summed E-state index contributed by atoms with van der Waals surface area (Å²) < 4.78 is 6.04. The number of aromatic nitrogens is 4. The Balaban J connectivity index is 1.34. The molecule has 4 heterocycles. The Hall–Kier alpha value is -3.49. The summed E-state index contributed by atoms with van der Waals surface area (Å²) in [6, 6.07) is 15.1. The van der Waals surface area contributed by atoms with Gasteiger partial charge in [-0.2, -0.15) is 0 Å². The highest BCUT2D eigenvalue weighted by Gasteiger charge is 2.43. The molecule has 2 aromatic heterocycles. The smallest absolute Gasteiger partial charge is 0.144 e. The molecule has 34 heavy (non-hydrogen) atoms. The molecule has 172 valence electrons. The molecule has 8 nitrogen and oxygen atoms in total. The third-order valence-corrected chi connectivity index (χ3v) is 7.47. The van der Waals surface area contributed by atoms with Crippen LogP contribution in [0.25, 0.3) is 22.2 Å². The van der Waals surface area contributed by atoms with Crippen LogP contribution in [0.1, 0.15) is 42.7 Å². The zero-order valence-electron chi connectivity index (χ0n) is 18.8. The van der Waals surface area contributed by atoms with Crippen molar-refractivity contribution in [2.75, 3.05) is 18.5 Å². The van der Waals surface area contributed by atoms with Crippen LogP contribution in [0.2, 0.25) is 0 Å². The van der Waals surface area contributed by atoms with Crippen LogP contribution >= 0.6 is 0 Å². The van der Waals surface area contributed by atoms with Crippen LogP contribution in [-0.2, 0) is 0 Å². The molecule has 8 heteroatoms. The van der Waals surface area contributed by atoms with Crippen molar-refractivity contribution < 1.29 is 4.74 Å². The number of aromatic amines is 1. The standard InChI is InChI=1S/C26H27N7O/c1-3-15-11-17(4-1)34-10-9-28-23-14-27-13-22(29-23)16-7-8-20-19(12-16)25(33-32-20)26-30-21-6-2-5-18(15)24(21)31-26/h1-6,11,13-14,16,19-20,25,32-33H,7-10,12H2,(H,28,29)(H,30,31). The van der Waals surface area contributed by atoms with Gasteiger partial charge in [0.15, 0.2) is 0 Å². The molecule has 1 saturated heterocycles. The van der Waals surface area contributed by atoms with Gasteiger partial charge in [-0.25, -0.2) is 15.4 Å². The second-order valence-corrected chi connectivity index (χ2v) is 9.50. The highest BCUT2D eigenvalue weighted by molar-refractivity contribution is 5.92. The minimum Gasteiger partial charge on any atom is -0.492 e. The van der Waals surface area contributed by atoms with Crippen molar-refractivity contribution in [1.82, 2.24) is 30.8 Å². The average Bonchev–Trinajstić information content (AvgIpc) is 3.50. The van der Waals surface area contributed by atoms with E-state index in [4.69, 9.17) is 14.7 Å². The average molecular weight is 454 g/mol. The number of hydrogen-bond acceptors (Lipinski definition) is 7. The Kier molecular flexibility index (Phi) is 4.73. The van der Waals surface area contributed by atoms with Crippen molar-refractivity contribution in [2.45, 2.75) is 37.3 Å². The van der Waals surface area contributed by atoms with Crippen molar-refractivity contribution in [3.63, 3.8) is 0 Å².